The molecular formula is C17H22ClN2O2-. The molecule has 0 aliphatic carbocycles. The van der Waals surface area contributed by atoms with Gasteiger partial charge >= 0.3 is 0 Å². The van der Waals surface area contributed by atoms with Crippen LogP contribution in [-0.4, -0.2) is 18.2 Å². The Labute approximate surface area is 138 Å². The third-order valence-corrected chi connectivity index (χ3v) is 2.97. The van der Waals surface area contributed by atoms with Gasteiger partial charge in [-0.05, 0) is 43.7 Å². The second-order valence-corrected chi connectivity index (χ2v) is 4.57. The predicted octanol–water partition coefficient (Wildman–Crippen LogP) is 0.173. The number of pyridine rings is 1. The van der Waals surface area contributed by atoms with Crippen LogP contribution in [0.25, 0.3) is 0 Å². The first-order valence-electron chi connectivity index (χ1n) is 7.32. The van der Waals surface area contributed by atoms with Crippen molar-refractivity contribution >= 4 is 0 Å². The highest BCUT2D eigenvalue weighted by atomic mass is 35.5. The number of benzene rings is 1. The molecule has 120 valence electrons. The molecule has 0 radical (unpaired) electrons. The lowest BCUT2D eigenvalue weighted by molar-refractivity contribution is -0.00000541. The van der Waals surface area contributed by atoms with E-state index < -0.39 is 0 Å². The van der Waals surface area contributed by atoms with Crippen LogP contribution in [0, 0.1) is 0 Å². The molecule has 0 aliphatic heterocycles. The maximum Gasteiger partial charge on any atom is 0.161 e. The van der Waals surface area contributed by atoms with E-state index in [4.69, 9.17) is 9.47 Å². The van der Waals surface area contributed by atoms with Gasteiger partial charge in [0.2, 0.25) is 0 Å². The second-order valence-electron chi connectivity index (χ2n) is 4.57. The van der Waals surface area contributed by atoms with Gasteiger partial charge in [-0.3, -0.25) is 4.98 Å². The quantitative estimate of drug-likeness (QED) is 0.753. The number of aromatic nitrogens is 1. The summed E-state index contributed by atoms with van der Waals surface area (Å²) >= 11 is 0. The minimum absolute atomic E-state index is 0. The number of hydrogen-bond acceptors (Lipinski definition) is 4. The van der Waals surface area contributed by atoms with E-state index in [2.05, 4.69) is 16.4 Å². The van der Waals surface area contributed by atoms with Gasteiger partial charge in [0.05, 0.1) is 18.9 Å². The molecule has 4 nitrogen and oxygen atoms in total. The fourth-order valence-corrected chi connectivity index (χ4v) is 2.04. The standard InChI is InChI=1S/C17H22N2O2.ClH/c1-3-20-16-9-8-14(11-17(16)21-4-2)12-18-13-15-7-5-6-10-19-15;/h5-11,18H,3-4,12-13H2,1-2H3;1H/p-1. The molecule has 2 aromatic rings. The zero-order chi connectivity index (χ0) is 14.9. The molecular weight excluding hydrogens is 300 g/mol. The number of hydrogen-bond donors (Lipinski definition) is 1. The predicted molar refractivity (Wildman–Crippen MR) is 83.6 cm³/mol. The largest absolute Gasteiger partial charge is 1.00 e. The topological polar surface area (TPSA) is 43.4 Å². The monoisotopic (exact) mass is 321 g/mol. The first kappa shape index (κ1) is 18.3. The fourth-order valence-electron chi connectivity index (χ4n) is 2.04. The molecule has 5 heteroatoms. The van der Waals surface area contributed by atoms with Crippen LogP contribution in [0.15, 0.2) is 42.6 Å². The Bertz CT molecular complexity index is 550. The van der Waals surface area contributed by atoms with Crippen LogP contribution in [0.3, 0.4) is 0 Å². The zero-order valence-electron chi connectivity index (χ0n) is 13.0. The van der Waals surface area contributed by atoms with E-state index in [0.29, 0.717) is 13.2 Å². The van der Waals surface area contributed by atoms with E-state index in [1.165, 1.54) is 0 Å². The molecule has 0 saturated carbocycles. The first-order chi connectivity index (χ1) is 10.3. The van der Waals surface area contributed by atoms with E-state index in [9.17, 15) is 0 Å². The summed E-state index contributed by atoms with van der Waals surface area (Å²) in [6, 6.07) is 12.0. The van der Waals surface area contributed by atoms with Gasteiger partial charge in [0.15, 0.2) is 11.5 Å². The Balaban J connectivity index is 0.00000242. The summed E-state index contributed by atoms with van der Waals surface area (Å²) in [5.41, 5.74) is 2.20. The maximum atomic E-state index is 5.63. The normalized spacial score (nSPS) is 9.91. The van der Waals surface area contributed by atoms with Crippen LogP contribution >= 0.6 is 0 Å². The Hall–Kier alpha value is -1.78. The highest BCUT2D eigenvalue weighted by Crippen LogP contribution is 2.28. The second kappa shape index (κ2) is 10.0. The van der Waals surface area contributed by atoms with Crippen molar-refractivity contribution in [3.63, 3.8) is 0 Å². The molecule has 0 saturated heterocycles. The van der Waals surface area contributed by atoms with Crippen LogP contribution in [0.1, 0.15) is 25.1 Å². The molecule has 1 aromatic heterocycles. The molecule has 0 atom stereocenters. The lowest BCUT2D eigenvalue weighted by Crippen LogP contribution is -3.00. The number of nitrogens with zero attached hydrogens (tertiary/aromatic N) is 1. The Morgan fingerprint density at radius 1 is 0.955 bits per heavy atom. The van der Waals surface area contributed by atoms with Crippen LogP contribution in [0.5, 0.6) is 11.5 Å². The molecule has 1 aromatic carbocycles. The Kier molecular flexibility index (Phi) is 8.33. The summed E-state index contributed by atoms with van der Waals surface area (Å²) in [4.78, 5) is 4.29. The first-order valence-corrected chi connectivity index (χ1v) is 7.32. The van der Waals surface area contributed by atoms with E-state index in [1.54, 1.807) is 6.20 Å². The fraction of sp³-hybridized carbons (Fsp3) is 0.353. The van der Waals surface area contributed by atoms with Gasteiger partial charge in [0, 0.05) is 19.3 Å². The highest BCUT2D eigenvalue weighted by molar-refractivity contribution is 5.43. The van der Waals surface area contributed by atoms with Gasteiger partial charge in [-0.25, -0.2) is 0 Å². The Morgan fingerprint density at radius 2 is 1.73 bits per heavy atom. The molecule has 0 amide bonds. The minimum Gasteiger partial charge on any atom is -1.00 e. The average Bonchev–Trinajstić information content (AvgIpc) is 2.51. The number of nitrogens with one attached hydrogen (secondary N) is 1. The summed E-state index contributed by atoms with van der Waals surface area (Å²) < 4.78 is 11.2. The minimum atomic E-state index is 0. The molecule has 2 rings (SSSR count). The average molecular weight is 322 g/mol. The lowest BCUT2D eigenvalue weighted by atomic mass is 10.2. The summed E-state index contributed by atoms with van der Waals surface area (Å²) in [5.74, 6) is 1.60. The maximum absolute atomic E-state index is 5.63. The summed E-state index contributed by atoms with van der Waals surface area (Å²) in [6.45, 7) is 6.73. The number of halogens is 1. The van der Waals surface area contributed by atoms with Gasteiger partial charge in [-0.2, -0.15) is 0 Å². The molecule has 22 heavy (non-hydrogen) atoms. The van der Waals surface area contributed by atoms with E-state index in [-0.39, 0.29) is 12.4 Å². The molecule has 0 bridgehead atoms. The molecule has 1 heterocycles. The van der Waals surface area contributed by atoms with Crippen LogP contribution < -0.4 is 27.2 Å². The van der Waals surface area contributed by atoms with E-state index in [0.717, 1.165) is 35.8 Å². The van der Waals surface area contributed by atoms with E-state index >= 15 is 0 Å². The molecule has 0 fully saturated rings. The van der Waals surface area contributed by atoms with Crippen LogP contribution in [0.2, 0.25) is 0 Å². The van der Waals surface area contributed by atoms with Gasteiger partial charge in [-0.1, -0.05) is 12.1 Å². The van der Waals surface area contributed by atoms with Crippen molar-refractivity contribution in [3.8, 4) is 11.5 Å². The third-order valence-electron chi connectivity index (χ3n) is 2.97. The summed E-state index contributed by atoms with van der Waals surface area (Å²) in [5, 5.41) is 3.38. The Morgan fingerprint density at radius 3 is 2.41 bits per heavy atom. The van der Waals surface area contributed by atoms with Crippen molar-refractivity contribution in [3.05, 3.63) is 53.9 Å². The van der Waals surface area contributed by atoms with Gasteiger partial charge in [-0.15, -0.1) is 0 Å². The SMILES string of the molecule is CCOc1ccc(CNCc2ccccn2)cc1OCC.[Cl-]. The number of ether oxygens (including phenoxy) is 2. The van der Waals surface area contributed by atoms with Gasteiger partial charge in [0.1, 0.15) is 0 Å². The van der Waals surface area contributed by atoms with Crippen molar-refractivity contribution < 1.29 is 21.9 Å². The summed E-state index contributed by atoms with van der Waals surface area (Å²) in [7, 11) is 0. The molecule has 0 unspecified atom stereocenters. The van der Waals surface area contributed by atoms with Crippen LogP contribution in [-0.2, 0) is 13.1 Å². The molecule has 1 N–H and O–H groups in total. The summed E-state index contributed by atoms with van der Waals surface area (Å²) in [6.07, 6.45) is 1.81. The van der Waals surface area contributed by atoms with Crippen LogP contribution in [0.4, 0.5) is 0 Å². The third kappa shape index (κ3) is 5.54. The smallest absolute Gasteiger partial charge is 0.161 e. The van der Waals surface area contributed by atoms with Gasteiger partial charge < -0.3 is 27.2 Å². The molecule has 0 aliphatic rings. The number of rotatable bonds is 8. The lowest BCUT2D eigenvalue weighted by Gasteiger charge is -2.12. The van der Waals surface area contributed by atoms with Crippen molar-refractivity contribution in [1.82, 2.24) is 10.3 Å². The van der Waals surface area contributed by atoms with E-state index in [1.807, 2.05) is 44.2 Å². The van der Waals surface area contributed by atoms with Crippen molar-refractivity contribution in [2.24, 2.45) is 0 Å². The van der Waals surface area contributed by atoms with Crippen molar-refractivity contribution in [2.75, 3.05) is 13.2 Å². The molecule has 0 spiro atoms. The highest BCUT2D eigenvalue weighted by Gasteiger charge is 2.06. The zero-order valence-corrected chi connectivity index (χ0v) is 13.8. The van der Waals surface area contributed by atoms with Crippen molar-refractivity contribution in [1.29, 1.82) is 0 Å². The van der Waals surface area contributed by atoms with Crippen molar-refractivity contribution in [2.45, 2.75) is 26.9 Å². The van der Waals surface area contributed by atoms with Gasteiger partial charge in [0.25, 0.3) is 0 Å².